The Morgan fingerprint density at radius 3 is 2.38 bits per heavy atom. The third kappa shape index (κ3) is 5.74. The van der Waals surface area contributed by atoms with E-state index >= 15 is 0 Å². The van der Waals surface area contributed by atoms with E-state index in [4.69, 9.17) is 9.57 Å². The van der Waals surface area contributed by atoms with Crippen LogP contribution in [0, 0.1) is 11.6 Å². The number of carbonyl (C=O) groups excluding carboxylic acids is 2. The molecule has 2 saturated heterocycles. The van der Waals surface area contributed by atoms with Gasteiger partial charge in [-0.05, 0) is 0 Å². The summed E-state index contributed by atoms with van der Waals surface area (Å²) in [6.07, 6.45) is 3.51. The van der Waals surface area contributed by atoms with Gasteiger partial charge < -0.3 is 24.2 Å². The van der Waals surface area contributed by atoms with Gasteiger partial charge in [0.15, 0.2) is 0 Å². The zero-order valence-electron chi connectivity index (χ0n) is 16.0. The summed E-state index contributed by atoms with van der Waals surface area (Å²) in [4.78, 5) is 31.0. The van der Waals surface area contributed by atoms with E-state index in [9.17, 15) is 18.4 Å². The molecule has 0 atom stereocenters. The summed E-state index contributed by atoms with van der Waals surface area (Å²) >= 11 is 0. The van der Waals surface area contributed by atoms with Crippen LogP contribution in [0.4, 0.5) is 19.3 Å². The van der Waals surface area contributed by atoms with Gasteiger partial charge in [0.25, 0.3) is 0 Å². The number of hydrogen-bond donors (Lipinski definition) is 0. The van der Waals surface area contributed by atoms with Crippen LogP contribution in [0.15, 0.2) is 17.3 Å². The standard InChI is InChI=1S/C19H22F2N3O4.Re/c1-27-19(26)24-8-4-15(5-9-24)28-22-14-2-6-23(7-3-14)18-11-16(20)13(12-25)10-17(18)21;/h10-11,15H,2-9H2,1H3;/q-1;. The minimum Gasteiger partial charge on any atom is -0.453 e. The second-order valence-corrected chi connectivity index (χ2v) is 6.79. The number of anilines is 1. The minimum atomic E-state index is -0.785. The largest absolute Gasteiger partial charge is 0.453 e. The molecule has 0 bridgehead atoms. The quantitative estimate of drug-likeness (QED) is 0.405. The Hall–Kier alpha value is -2.05. The van der Waals surface area contributed by atoms with Gasteiger partial charge in [0.05, 0.1) is 30.6 Å². The van der Waals surface area contributed by atoms with Crippen molar-refractivity contribution in [1.29, 1.82) is 0 Å². The molecule has 159 valence electrons. The van der Waals surface area contributed by atoms with Crippen LogP contribution in [0.2, 0.25) is 0 Å². The molecule has 0 aromatic heterocycles. The zero-order chi connectivity index (χ0) is 20.1. The molecule has 1 aromatic carbocycles. The first-order chi connectivity index (χ1) is 13.5. The van der Waals surface area contributed by atoms with Crippen LogP contribution in [-0.4, -0.2) is 62.4 Å². The minimum absolute atomic E-state index is 0. The molecule has 0 N–H and O–H groups in total. The summed E-state index contributed by atoms with van der Waals surface area (Å²) in [7, 11) is 1.36. The molecule has 10 heteroatoms. The predicted molar refractivity (Wildman–Crippen MR) is 98.1 cm³/mol. The van der Waals surface area contributed by atoms with Crippen LogP contribution in [0.3, 0.4) is 0 Å². The number of rotatable bonds is 4. The summed E-state index contributed by atoms with van der Waals surface area (Å²) in [6.45, 7) is 2.08. The van der Waals surface area contributed by atoms with E-state index in [2.05, 4.69) is 5.16 Å². The number of methoxy groups -OCH3 is 1. The second-order valence-electron chi connectivity index (χ2n) is 6.79. The normalized spacial score (nSPS) is 17.4. The van der Waals surface area contributed by atoms with Crippen molar-refractivity contribution in [3.63, 3.8) is 0 Å². The molecule has 7 nitrogen and oxygen atoms in total. The number of halogens is 2. The summed E-state index contributed by atoms with van der Waals surface area (Å²) in [5, 5.41) is 4.23. The maximum absolute atomic E-state index is 14.1. The molecule has 1 radical (unpaired) electrons. The topological polar surface area (TPSA) is 71.4 Å². The maximum Gasteiger partial charge on any atom is 0.409 e. The number of hydrogen-bond acceptors (Lipinski definition) is 6. The first-order valence-electron chi connectivity index (χ1n) is 9.18. The van der Waals surface area contributed by atoms with Gasteiger partial charge >= 0.3 is 6.09 Å². The number of amides is 1. The molecule has 3 rings (SSSR count). The first-order valence-corrected chi connectivity index (χ1v) is 9.18. The predicted octanol–water partition coefficient (Wildman–Crippen LogP) is 2.62. The van der Waals surface area contributed by atoms with E-state index < -0.39 is 17.2 Å². The zero-order valence-corrected chi connectivity index (χ0v) is 18.7. The SMILES string of the molecule is COC(=O)N1CCC(ON=C2CCN(c3cc(F)c([C-]=O)cc3F)CC2)CC1.[Re]. The molecule has 0 saturated carbocycles. The molecule has 2 aliphatic heterocycles. The van der Waals surface area contributed by atoms with Gasteiger partial charge in [-0.3, -0.25) is 4.39 Å². The van der Waals surface area contributed by atoms with Gasteiger partial charge in [-0.2, -0.15) is 0 Å². The van der Waals surface area contributed by atoms with Crippen molar-refractivity contribution in [2.45, 2.75) is 31.8 Å². The molecule has 2 heterocycles. The van der Waals surface area contributed by atoms with Gasteiger partial charge in [-0.1, -0.05) is 11.2 Å². The molecule has 0 unspecified atom stereocenters. The number of ether oxygens (including phenoxy) is 1. The number of oxime groups is 1. The van der Waals surface area contributed by atoms with E-state index in [0.29, 0.717) is 51.9 Å². The molecule has 0 spiro atoms. The van der Waals surface area contributed by atoms with Gasteiger partial charge in [0.1, 0.15) is 6.10 Å². The van der Waals surface area contributed by atoms with Gasteiger partial charge in [0, 0.05) is 78.1 Å². The fraction of sp³-hybridized carbons (Fsp3) is 0.526. The van der Waals surface area contributed by atoms with Crippen molar-refractivity contribution < 1.29 is 48.4 Å². The third-order valence-electron chi connectivity index (χ3n) is 5.03. The van der Waals surface area contributed by atoms with Crippen LogP contribution in [0.25, 0.3) is 0 Å². The van der Waals surface area contributed by atoms with Crippen LogP contribution >= 0.6 is 0 Å². The smallest absolute Gasteiger partial charge is 0.409 e. The van der Waals surface area contributed by atoms with Gasteiger partial charge in [-0.25, -0.2) is 9.18 Å². The summed E-state index contributed by atoms with van der Waals surface area (Å²) < 4.78 is 32.6. The van der Waals surface area contributed by atoms with E-state index in [-0.39, 0.29) is 38.3 Å². The molecule has 1 amide bonds. The Morgan fingerprint density at radius 2 is 1.79 bits per heavy atom. The van der Waals surface area contributed by atoms with Gasteiger partial charge in [0.2, 0.25) is 0 Å². The third-order valence-corrected chi connectivity index (χ3v) is 5.03. The Kier molecular flexibility index (Phi) is 8.53. The van der Waals surface area contributed by atoms with E-state index in [1.54, 1.807) is 9.80 Å². The average molecular weight is 581 g/mol. The number of likely N-dealkylation sites (tertiary alicyclic amines) is 1. The van der Waals surface area contributed by atoms with Crippen molar-refractivity contribution in [2.75, 3.05) is 38.2 Å². The number of carbonyl (C=O) groups is 1. The van der Waals surface area contributed by atoms with Crippen molar-refractivity contribution in [1.82, 2.24) is 4.90 Å². The Labute approximate surface area is 181 Å². The number of piperidine rings is 2. The summed E-state index contributed by atoms with van der Waals surface area (Å²) in [5.74, 6) is -1.43. The molecule has 2 fully saturated rings. The van der Waals surface area contributed by atoms with Gasteiger partial charge in [-0.15, -0.1) is 11.6 Å². The van der Waals surface area contributed by atoms with Crippen molar-refractivity contribution in [3.05, 3.63) is 29.3 Å². The maximum atomic E-state index is 14.1. The molecule has 2 aliphatic rings. The summed E-state index contributed by atoms with van der Waals surface area (Å²) in [5.41, 5.74) is 0.587. The molecule has 29 heavy (non-hydrogen) atoms. The Bertz CT molecular complexity index is 760. The average Bonchev–Trinajstić information content (AvgIpc) is 2.73. The van der Waals surface area contributed by atoms with Crippen molar-refractivity contribution in [3.8, 4) is 0 Å². The number of benzene rings is 1. The second kappa shape index (κ2) is 10.6. The van der Waals surface area contributed by atoms with Crippen LogP contribution in [0.1, 0.15) is 31.2 Å². The fourth-order valence-electron chi connectivity index (χ4n) is 3.38. The van der Waals surface area contributed by atoms with E-state index in [0.717, 1.165) is 17.8 Å². The summed E-state index contributed by atoms with van der Waals surface area (Å²) in [6, 6.07) is 1.90. The molecule has 0 aliphatic carbocycles. The van der Waals surface area contributed by atoms with E-state index in [1.807, 2.05) is 0 Å². The van der Waals surface area contributed by atoms with Crippen LogP contribution in [0.5, 0.6) is 0 Å². The first kappa shape index (κ1) is 23.2. The van der Waals surface area contributed by atoms with E-state index in [1.165, 1.54) is 13.4 Å². The Balaban J connectivity index is 0.00000300. The fourth-order valence-corrected chi connectivity index (χ4v) is 3.38. The Morgan fingerprint density at radius 1 is 1.14 bits per heavy atom. The van der Waals surface area contributed by atoms with Crippen molar-refractivity contribution in [2.24, 2.45) is 5.16 Å². The van der Waals surface area contributed by atoms with Crippen LogP contribution < -0.4 is 4.90 Å². The molecule has 1 aromatic rings. The van der Waals surface area contributed by atoms with Crippen molar-refractivity contribution >= 4 is 23.8 Å². The molecular formula is C19H22F2N3O4Re-. The molecular weight excluding hydrogens is 558 g/mol. The number of nitrogens with zero attached hydrogens (tertiary/aromatic N) is 3. The monoisotopic (exact) mass is 581 g/mol. The van der Waals surface area contributed by atoms with Crippen LogP contribution in [-0.2, 0) is 34.8 Å².